The van der Waals surface area contributed by atoms with Gasteiger partial charge in [-0.25, -0.2) is 4.98 Å². The van der Waals surface area contributed by atoms with Gasteiger partial charge in [0, 0.05) is 32.8 Å². The third kappa shape index (κ3) is 6.37. The fourth-order valence-corrected chi connectivity index (χ4v) is 3.70. The zero-order chi connectivity index (χ0) is 25.3. The summed E-state index contributed by atoms with van der Waals surface area (Å²) in [6.45, 7) is 12.5. The fraction of sp³-hybridized carbons (Fsp3) is 0.444. The van der Waals surface area contributed by atoms with Gasteiger partial charge < -0.3 is 19.4 Å². The zero-order valence-corrected chi connectivity index (χ0v) is 21.7. The highest BCUT2D eigenvalue weighted by Crippen LogP contribution is 2.29. The van der Waals surface area contributed by atoms with E-state index in [1.54, 1.807) is 37.3 Å². The van der Waals surface area contributed by atoms with Crippen LogP contribution in [0.5, 0.6) is 5.75 Å². The van der Waals surface area contributed by atoms with Crippen LogP contribution in [0.25, 0.3) is 6.08 Å². The molecule has 0 aromatic carbocycles. The van der Waals surface area contributed by atoms with Gasteiger partial charge in [0.05, 0.1) is 6.54 Å². The van der Waals surface area contributed by atoms with Crippen LogP contribution in [-0.2, 0) is 24.2 Å². The van der Waals surface area contributed by atoms with E-state index in [0.717, 1.165) is 41.3 Å². The van der Waals surface area contributed by atoms with Crippen LogP contribution in [0.15, 0.2) is 39.9 Å². The average Bonchev–Trinajstić information content (AvgIpc) is 3.15. The van der Waals surface area contributed by atoms with Crippen LogP contribution in [0.4, 0.5) is 5.82 Å². The van der Waals surface area contributed by atoms with Crippen molar-refractivity contribution in [3.05, 3.63) is 58.7 Å². The Hall–Kier alpha value is -3.35. The summed E-state index contributed by atoms with van der Waals surface area (Å²) in [4.78, 5) is 22.9. The molecule has 2 aromatic heterocycles. The largest absolute Gasteiger partial charge is 0.479 e. The van der Waals surface area contributed by atoms with E-state index in [4.69, 9.17) is 9.15 Å². The van der Waals surface area contributed by atoms with Crippen molar-refractivity contribution in [2.45, 2.75) is 67.0 Å². The van der Waals surface area contributed by atoms with Gasteiger partial charge in [-0.15, -0.1) is 0 Å². The Balaban J connectivity index is 0.00000199. The van der Waals surface area contributed by atoms with Crippen LogP contribution in [-0.4, -0.2) is 41.8 Å². The highest BCUT2D eigenvalue weighted by molar-refractivity contribution is 6.00. The minimum atomic E-state index is -0.177. The van der Waals surface area contributed by atoms with E-state index >= 15 is 0 Å². The lowest BCUT2D eigenvalue weighted by Gasteiger charge is -2.25. The predicted octanol–water partition coefficient (Wildman–Crippen LogP) is 5.58. The van der Waals surface area contributed by atoms with Crippen molar-refractivity contribution in [2.24, 2.45) is 4.99 Å². The lowest BCUT2D eigenvalue weighted by atomic mass is 10.1. The number of fused-ring (bicyclic) bond motifs is 1. The van der Waals surface area contributed by atoms with Crippen molar-refractivity contribution in [1.82, 2.24) is 9.88 Å². The molecule has 7 nitrogen and oxygen atoms in total. The first kappa shape index (κ1) is 26.9. The molecule has 3 heterocycles. The number of aliphatic imine (C=N–C) groups is 1. The van der Waals surface area contributed by atoms with E-state index in [-0.39, 0.29) is 12.0 Å². The number of carbonyl (C=O) groups excluding carboxylic acids is 1. The highest BCUT2D eigenvalue weighted by Gasteiger charge is 2.22. The quantitative estimate of drug-likeness (QED) is 0.425. The Morgan fingerprint density at radius 3 is 2.71 bits per heavy atom. The molecule has 1 unspecified atom stereocenters. The summed E-state index contributed by atoms with van der Waals surface area (Å²) in [5, 5.41) is 3.16. The van der Waals surface area contributed by atoms with E-state index < -0.39 is 0 Å². The van der Waals surface area contributed by atoms with Crippen LogP contribution in [0.3, 0.4) is 0 Å². The average molecular weight is 467 g/mol. The maximum Gasteiger partial charge on any atom is 0.246 e. The van der Waals surface area contributed by atoms with Gasteiger partial charge in [0.2, 0.25) is 5.91 Å². The molecule has 3 rings (SSSR count). The van der Waals surface area contributed by atoms with Crippen LogP contribution in [0, 0.1) is 6.92 Å². The van der Waals surface area contributed by atoms with E-state index in [2.05, 4.69) is 35.2 Å². The molecule has 0 saturated heterocycles. The Morgan fingerprint density at radius 1 is 1.32 bits per heavy atom. The summed E-state index contributed by atoms with van der Waals surface area (Å²) in [6, 6.07) is 1.86. The molecule has 0 saturated carbocycles. The number of likely N-dealkylation sites (N-methyl/N-ethyl adjacent to an activating group) is 1. The molecule has 1 amide bonds. The van der Waals surface area contributed by atoms with E-state index in [0.29, 0.717) is 18.1 Å². The molecule has 1 aliphatic heterocycles. The molecule has 0 fully saturated rings. The molecule has 0 radical (unpaired) electrons. The Morgan fingerprint density at radius 2 is 2.06 bits per heavy atom. The van der Waals surface area contributed by atoms with Gasteiger partial charge >= 0.3 is 0 Å². The van der Waals surface area contributed by atoms with Crippen molar-refractivity contribution in [2.75, 3.05) is 19.4 Å². The number of furan rings is 1. The van der Waals surface area contributed by atoms with Gasteiger partial charge in [-0.1, -0.05) is 32.9 Å². The molecule has 1 atom stereocenters. The number of amidine groups is 1. The molecule has 0 bridgehead atoms. The number of hydrogen-bond donors (Lipinski definition) is 1. The SMILES string of the molecule is C/C=C\Cc1oc(CN(C)C(=O)/C=C/c2cnc3c(c2)OC(C)C(=NC)N3)c(C)c1CC.CC. The number of aromatic nitrogens is 1. The maximum absolute atomic E-state index is 12.7. The fourth-order valence-electron chi connectivity index (χ4n) is 3.70. The van der Waals surface area contributed by atoms with Crippen molar-refractivity contribution < 1.29 is 13.9 Å². The molecule has 0 aliphatic carbocycles. The molecule has 34 heavy (non-hydrogen) atoms. The Labute approximate surface area is 203 Å². The number of ether oxygens (including phenoxy) is 1. The summed E-state index contributed by atoms with van der Waals surface area (Å²) >= 11 is 0. The summed E-state index contributed by atoms with van der Waals surface area (Å²) in [5.41, 5.74) is 3.14. The number of carbonyl (C=O) groups is 1. The van der Waals surface area contributed by atoms with Crippen LogP contribution >= 0.6 is 0 Å². The number of nitrogens with zero attached hydrogens (tertiary/aromatic N) is 3. The second kappa shape index (κ2) is 12.8. The van der Waals surface area contributed by atoms with Crippen molar-refractivity contribution in [3.8, 4) is 5.75 Å². The number of amides is 1. The van der Waals surface area contributed by atoms with Gasteiger partial charge in [0.1, 0.15) is 17.4 Å². The van der Waals surface area contributed by atoms with E-state index in [1.807, 2.05) is 39.8 Å². The van der Waals surface area contributed by atoms with E-state index in [9.17, 15) is 4.79 Å². The number of hydrogen-bond acceptors (Lipinski definition) is 5. The number of allylic oxidation sites excluding steroid dienone is 2. The number of pyridine rings is 1. The smallest absolute Gasteiger partial charge is 0.246 e. The van der Waals surface area contributed by atoms with Gasteiger partial charge in [0.25, 0.3) is 0 Å². The minimum absolute atomic E-state index is 0.112. The van der Waals surface area contributed by atoms with Crippen molar-refractivity contribution in [3.63, 3.8) is 0 Å². The highest BCUT2D eigenvalue weighted by atomic mass is 16.5. The van der Waals surface area contributed by atoms with E-state index in [1.165, 1.54) is 5.56 Å². The topological polar surface area (TPSA) is 80.0 Å². The third-order valence-corrected chi connectivity index (χ3v) is 5.57. The Bertz CT molecular complexity index is 1070. The lowest BCUT2D eigenvalue weighted by Crippen LogP contribution is -2.35. The van der Waals surface area contributed by atoms with Crippen LogP contribution in [0.2, 0.25) is 0 Å². The summed E-state index contributed by atoms with van der Waals surface area (Å²) < 4.78 is 12.0. The van der Waals surface area contributed by atoms with Gasteiger partial charge in [-0.05, 0) is 56.0 Å². The van der Waals surface area contributed by atoms with Crippen molar-refractivity contribution in [1.29, 1.82) is 0 Å². The van der Waals surface area contributed by atoms with Gasteiger partial charge in [-0.3, -0.25) is 9.79 Å². The molecule has 184 valence electrons. The summed E-state index contributed by atoms with van der Waals surface area (Å²) in [6.07, 6.45) is 10.6. The van der Waals surface area contributed by atoms with Gasteiger partial charge in [-0.2, -0.15) is 0 Å². The first-order valence-corrected chi connectivity index (χ1v) is 11.9. The molecule has 1 aliphatic rings. The first-order chi connectivity index (χ1) is 16.4. The Kier molecular flexibility index (Phi) is 10.1. The normalized spacial score (nSPS) is 16.1. The number of anilines is 1. The number of rotatable bonds is 7. The monoisotopic (exact) mass is 466 g/mol. The third-order valence-electron chi connectivity index (χ3n) is 5.57. The molecular weight excluding hydrogens is 428 g/mol. The number of nitrogens with one attached hydrogen (secondary N) is 1. The van der Waals surface area contributed by atoms with Crippen LogP contribution in [0.1, 0.15) is 62.8 Å². The predicted molar refractivity (Wildman–Crippen MR) is 140 cm³/mol. The molecule has 1 N–H and O–H groups in total. The van der Waals surface area contributed by atoms with Crippen LogP contribution < -0.4 is 10.1 Å². The lowest BCUT2D eigenvalue weighted by molar-refractivity contribution is -0.125. The second-order valence-corrected chi connectivity index (χ2v) is 7.82. The van der Waals surface area contributed by atoms with Crippen molar-refractivity contribution >= 4 is 23.6 Å². The summed E-state index contributed by atoms with van der Waals surface area (Å²) in [5.74, 6) is 3.70. The maximum atomic E-state index is 12.7. The molecule has 2 aromatic rings. The zero-order valence-electron chi connectivity index (χ0n) is 21.7. The molecular formula is C27H38N4O3. The molecule has 0 spiro atoms. The second-order valence-electron chi connectivity index (χ2n) is 7.82. The van der Waals surface area contributed by atoms with Gasteiger partial charge in [0.15, 0.2) is 17.7 Å². The minimum Gasteiger partial charge on any atom is -0.479 e. The molecule has 7 heteroatoms. The first-order valence-electron chi connectivity index (χ1n) is 11.9. The standard InChI is InChI=1S/C25H32N4O3.C2H6/c1-7-9-10-20-19(8-2)16(3)22(32-20)15-29(6)23(30)12-11-18-13-21-25(27-14-18)28-24(26-5)17(4)31-21;1-2/h7,9,11-14,17H,8,10,15H2,1-6H3,(H,26,27,28);1-2H3/b9-7-,12-11+;. The summed E-state index contributed by atoms with van der Waals surface area (Å²) in [7, 11) is 3.49.